The number of carbonyl (C=O) groups is 1. The van der Waals surface area contributed by atoms with E-state index in [4.69, 9.17) is 27.9 Å². The number of nitrogens with zero attached hydrogens (tertiary/aromatic N) is 1. The van der Waals surface area contributed by atoms with Crippen LogP contribution in [-0.4, -0.2) is 36.7 Å². The highest BCUT2D eigenvalue weighted by atomic mass is 35.5. The van der Waals surface area contributed by atoms with Crippen LogP contribution < -0.4 is 5.32 Å². The predicted octanol–water partition coefficient (Wildman–Crippen LogP) is 6.10. The van der Waals surface area contributed by atoms with Crippen LogP contribution in [0.3, 0.4) is 0 Å². The van der Waals surface area contributed by atoms with Crippen LogP contribution in [0, 0.1) is 11.3 Å². The van der Waals surface area contributed by atoms with Crippen molar-refractivity contribution in [2.75, 3.05) is 19.6 Å². The number of amides is 1. The van der Waals surface area contributed by atoms with Gasteiger partial charge in [-0.3, -0.25) is 4.90 Å². The zero-order chi connectivity index (χ0) is 21.8. The summed E-state index contributed by atoms with van der Waals surface area (Å²) in [5.74, 6) is 0.496. The molecule has 1 N–H and O–H groups in total. The maximum atomic E-state index is 12.9. The Kier molecular flexibility index (Phi) is 5.44. The standard InChI is InChI=1S/C25H28Cl2N2O2/c1-25(2)13-17-4-3-16(19-12-18(26)5-6-21(19)27)11-20(17)23(25)28-24(30)31-22-14-29-9-7-15(22)8-10-29/h3-6,11-12,15,22-23H,7-10,13-14H2,1-2H3,(H,28,30)/t22-,23?/m0/s1. The first kappa shape index (κ1) is 21.1. The number of piperidine rings is 3. The summed E-state index contributed by atoms with van der Waals surface area (Å²) in [5.41, 5.74) is 4.17. The van der Waals surface area contributed by atoms with E-state index >= 15 is 0 Å². The molecule has 164 valence electrons. The number of halogens is 2. The lowest BCUT2D eigenvalue weighted by Gasteiger charge is -2.44. The number of nitrogens with one attached hydrogen (secondary N) is 1. The number of alkyl carbamates (subject to hydrolysis) is 1. The molecule has 4 nitrogen and oxygen atoms in total. The van der Waals surface area contributed by atoms with E-state index in [9.17, 15) is 4.79 Å². The monoisotopic (exact) mass is 458 g/mol. The largest absolute Gasteiger partial charge is 0.445 e. The first-order valence-electron chi connectivity index (χ1n) is 11.1. The van der Waals surface area contributed by atoms with Gasteiger partial charge in [-0.2, -0.15) is 0 Å². The molecule has 0 radical (unpaired) electrons. The van der Waals surface area contributed by atoms with Crippen LogP contribution in [-0.2, 0) is 11.2 Å². The van der Waals surface area contributed by atoms with Crippen LogP contribution in [0.4, 0.5) is 4.79 Å². The molecule has 3 aliphatic heterocycles. The van der Waals surface area contributed by atoms with Gasteiger partial charge in [0.15, 0.2) is 0 Å². The summed E-state index contributed by atoms with van der Waals surface area (Å²) in [5, 5.41) is 4.51. The lowest BCUT2D eigenvalue weighted by atomic mass is 9.85. The SMILES string of the molecule is CC1(C)Cc2ccc(-c3cc(Cl)ccc3Cl)cc2C1NC(=O)O[C@H]1CN2CCC1CC2. The van der Waals surface area contributed by atoms with E-state index in [1.54, 1.807) is 6.07 Å². The third kappa shape index (κ3) is 4.06. The highest BCUT2D eigenvalue weighted by Crippen LogP contribution is 2.47. The maximum Gasteiger partial charge on any atom is 0.407 e. The van der Waals surface area contributed by atoms with Crippen LogP contribution in [0.2, 0.25) is 10.0 Å². The zero-order valence-electron chi connectivity index (χ0n) is 18.0. The molecule has 0 saturated carbocycles. The van der Waals surface area contributed by atoms with Crippen molar-refractivity contribution < 1.29 is 9.53 Å². The Bertz CT molecular complexity index is 1010. The van der Waals surface area contributed by atoms with E-state index in [0.717, 1.165) is 55.6 Å². The summed E-state index contributed by atoms with van der Waals surface area (Å²) in [6.07, 6.45) is 2.84. The fourth-order valence-electron chi connectivity index (χ4n) is 5.53. The third-order valence-corrected chi connectivity index (χ3v) is 7.81. The van der Waals surface area contributed by atoms with Crippen LogP contribution in [0.25, 0.3) is 11.1 Å². The second kappa shape index (κ2) is 7.99. The van der Waals surface area contributed by atoms with Crippen molar-refractivity contribution in [1.82, 2.24) is 10.2 Å². The van der Waals surface area contributed by atoms with Crippen molar-refractivity contribution in [2.24, 2.45) is 11.3 Å². The van der Waals surface area contributed by atoms with Crippen LogP contribution in [0.5, 0.6) is 0 Å². The normalized spacial score (nSPS) is 28.3. The van der Waals surface area contributed by atoms with Gasteiger partial charge >= 0.3 is 6.09 Å². The van der Waals surface area contributed by atoms with Crippen molar-refractivity contribution in [3.05, 3.63) is 57.6 Å². The average Bonchev–Trinajstić information content (AvgIpc) is 2.99. The summed E-state index contributed by atoms with van der Waals surface area (Å²) in [6.45, 7) is 7.50. The van der Waals surface area contributed by atoms with Crippen molar-refractivity contribution in [1.29, 1.82) is 0 Å². The van der Waals surface area contributed by atoms with E-state index in [-0.39, 0.29) is 23.7 Å². The Labute approximate surface area is 193 Å². The van der Waals surface area contributed by atoms with E-state index in [1.807, 2.05) is 12.1 Å². The minimum Gasteiger partial charge on any atom is -0.445 e. The van der Waals surface area contributed by atoms with Gasteiger partial charge in [-0.05, 0) is 84.6 Å². The highest BCUT2D eigenvalue weighted by molar-refractivity contribution is 6.35. The molecule has 3 saturated heterocycles. The van der Waals surface area contributed by atoms with E-state index in [0.29, 0.717) is 16.0 Å². The molecule has 1 unspecified atom stereocenters. The van der Waals surface area contributed by atoms with Gasteiger partial charge in [-0.1, -0.05) is 49.2 Å². The molecule has 3 fully saturated rings. The molecule has 6 heteroatoms. The van der Waals surface area contributed by atoms with Gasteiger partial charge in [0.25, 0.3) is 0 Å². The second-order valence-corrected chi connectivity index (χ2v) is 10.7. The number of hydrogen-bond donors (Lipinski definition) is 1. The van der Waals surface area contributed by atoms with Gasteiger partial charge in [0.1, 0.15) is 6.10 Å². The lowest BCUT2D eigenvalue weighted by Crippen LogP contribution is -2.53. The summed E-state index contributed by atoms with van der Waals surface area (Å²) in [7, 11) is 0. The number of benzene rings is 2. The van der Waals surface area contributed by atoms with Crippen LogP contribution in [0.15, 0.2) is 36.4 Å². The third-order valence-electron chi connectivity index (χ3n) is 7.24. The fourth-order valence-corrected chi connectivity index (χ4v) is 5.93. The average molecular weight is 459 g/mol. The minimum atomic E-state index is -0.309. The molecule has 1 aliphatic carbocycles. The molecule has 6 rings (SSSR count). The molecule has 0 spiro atoms. The number of rotatable bonds is 3. The van der Waals surface area contributed by atoms with Crippen molar-refractivity contribution in [2.45, 2.75) is 45.3 Å². The molecule has 1 amide bonds. The molecular weight excluding hydrogens is 431 g/mol. The Hall–Kier alpha value is -1.75. The summed E-state index contributed by atoms with van der Waals surface area (Å²) >= 11 is 12.7. The Morgan fingerprint density at radius 2 is 1.90 bits per heavy atom. The first-order chi connectivity index (χ1) is 14.8. The molecule has 4 aliphatic rings. The minimum absolute atomic E-state index is 0.00286. The fraction of sp³-hybridized carbons (Fsp3) is 0.480. The van der Waals surface area contributed by atoms with E-state index in [1.165, 1.54) is 5.56 Å². The number of ether oxygens (including phenoxy) is 1. The zero-order valence-corrected chi connectivity index (χ0v) is 19.5. The molecular formula is C25H28Cl2N2O2. The van der Waals surface area contributed by atoms with Crippen LogP contribution >= 0.6 is 23.2 Å². The summed E-state index contributed by atoms with van der Waals surface area (Å²) < 4.78 is 5.91. The highest BCUT2D eigenvalue weighted by Gasteiger charge is 2.42. The molecule has 2 atom stereocenters. The van der Waals surface area contributed by atoms with Gasteiger partial charge in [-0.25, -0.2) is 4.79 Å². The molecule has 3 heterocycles. The predicted molar refractivity (Wildman–Crippen MR) is 125 cm³/mol. The second-order valence-electron chi connectivity index (χ2n) is 9.86. The quantitative estimate of drug-likeness (QED) is 0.603. The number of hydrogen-bond acceptors (Lipinski definition) is 3. The number of fused-ring (bicyclic) bond motifs is 4. The first-order valence-corrected chi connectivity index (χ1v) is 11.8. The maximum absolute atomic E-state index is 12.9. The van der Waals surface area contributed by atoms with Gasteiger partial charge in [0.2, 0.25) is 0 Å². The number of carbonyl (C=O) groups excluding carboxylic acids is 1. The molecule has 2 aromatic rings. The topological polar surface area (TPSA) is 41.6 Å². The van der Waals surface area contributed by atoms with Gasteiger partial charge in [0, 0.05) is 22.2 Å². The molecule has 2 aromatic carbocycles. The van der Waals surface area contributed by atoms with E-state index < -0.39 is 0 Å². The summed E-state index contributed by atoms with van der Waals surface area (Å²) in [6, 6.07) is 11.7. The smallest absolute Gasteiger partial charge is 0.407 e. The lowest BCUT2D eigenvalue weighted by molar-refractivity contribution is -0.0348. The molecule has 2 bridgehead atoms. The van der Waals surface area contributed by atoms with Gasteiger partial charge < -0.3 is 10.1 Å². The summed E-state index contributed by atoms with van der Waals surface area (Å²) in [4.78, 5) is 15.3. The Morgan fingerprint density at radius 1 is 1.13 bits per heavy atom. The van der Waals surface area contributed by atoms with Gasteiger partial charge in [-0.15, -0.1) is 0 Å². The van der Waals surface area contributed by atoms with Crippen molar-refractivity contribution in [3.63, 3.8) is 0 Å². The molecule has 0 aromatic heterocycles. The van der Waals surface area contributed by atoms with E-state index in [2.05, 4.69) is 42.3 Å². The van der Waals surface area contributed by atoms with Crippen LogP contribution in [0.1, 0.15) is 43.9 Å². The molecule has 31 heavy (non-hydrogen) atoms. The van der Waals surface area contributed by atoms with Crippen molar-refractivity contribution >= 4 is 29.3 Å². The van der Waals surface area contributed by atoms with Crippen molar-refractivity contribution in [3.8, 4) is 11.1 Å². The Balaban J connectivity index is 1.38. The Morgan fingerprint density at radius 3 is 2.61 bits per heavy atom. The van der Waals surface area contributed by atoms with Gasteiger partial charge in [0.05, 0.1) is 6.04 Å².